The average molecular weight is 746 g/mol. The number of hydrogen-bond acceptors (Lipinski definition) is 4. The Morgan fingerprint density at radius 3 is 1.79 bits per heavy atom. The van der Waals surface area contributed by atoms with Crippen LogP contribution in [-0.2, 0) is 0 Å². The van der Waals surface area contributed by atoms with Crippen molar-refractivity contribution in [3.05, 3.63) is 186 Å². The minimum absolute atomic E-state index is 0.232. The third-order valence-corrected chi connectivity index (χ3v) is 11.7. The Morgan fingerprint density at radius 1 is 0.500 bits per heavy atom. The van der Waals surface area contributed by atoms with Gasteiger partial charge in [-0.05, 0) is 65.9 Å². The second kappa shape index (κ2) is 12.7. The molecule has 0 amide bonds. The topological polar surface area (TPSA) is 61.7 Å². The highest BCUT2D eigenvalue weighted by molar-refractivity contribution is 6.28. The Bertz CT molecular complexity index is 3540. The molecule has 11 aromatic rings. The number of fused-ring (bicyclic) bond motifs is 10. The first-order valence-corrected chi connectivity index (χ1v) is 19.8. The summed E-state index contributed by atoms with van der Waals surface area (Å²) in [5.41, 5.74) is 11.4. The fourth-order valence-electron chi connectivity index (χ4n) is 9.27. The van der Waals surface area contributed by atoms with Crippen molar-refractivity contribution in [2.75, 3.05) is 0 Å². The summed E-state index contributed by atoms with van der Waals surface area (Å²) in [4.78, 5) is 16.0. The zero-order chi connectivity index (χ0) is 38.3. The van der Waals surface area contributed by atoms with E-state index in [1.54, 1.807) is 0 Å². The lowest BCUT2D eigenvalue weighted by atomic mass is 9.92. The third kappa shape index (κ3) is 4.88. The van der Waals surface area contributed by atoms with E-state index in [9.17, 15) is 0 Å². The molecule has 58 heavy (non-hydrogen) atoms. The summed E-state index contributed by atoms with van der Waals surface area (Å²) in [5.74, 6) is 2.04. The number of rotatable bonds is 5. The zero-order valence-corrected chi connectivity index (χ0v) is 31.7. The fourth-order valence-corrected chi connectivity index (χ4v) is 9.27. The molecule has 0 spiro atoms. The van der Waals surface area contributed by atoms with Crippen LogP contribution in [-0.4, -0.2) is 24.1 Å². The zero-order valence-electron chi connectivity index (χ0n) is 31.7. The number of nitrogens with zero attached hydrogens (tertiary/aromatic N) is 5. The molecule has 4 aromatic heterocycles. The van der Waals surface area contributed by atoms with Crippen LogP contribution >= 0.6 is 0 Å². The van der Waals surface area contributed by atoms with E-state index in [4.69, 9.17) is 19.4 Å². The minimum Gasteiger partial charge on any atom is -0.456 e. The molecule has 0 radical (unpaired) electrons. The van der Waals surface area contributed by atoms with Crippen LogP contribution in [0.15, 0.2) is 174 Å². The molecule has 1 atom stereocenters. The Kier molecular flexibility index (Phi) is 7.17. The van der Waals surface area contributed by atoms with Crippen LogP contribution in [0, 0.1) is 5.92 Å². The van der Waals surface area contributed by atoms with Crippen LogP contribution in [0.25, 0.3) is 100 Å². The fraction of sp³-hybridized carbons (Fsp3) is 0.0577. The molecule has 0 saturated heterocycles. The van der Waals surface area contributed by atoms with Crippen LogP contribution in [0.3, 0.4) is 0 Å². The Balaban J connectivity index is 1.17. The average Bonchev–Trinajstić information content (AvgIpc) is 3.94. The molecule has 6 nitrogen and oxygen atoms in total. The minimum atomic E-state index is 0.232. The first-order chi connectivity index (χ1) is 28.7. The van der Waals surface area contributed by atoms with E-state index in [2.05, 4.69) is 174 Å². The smallest absolute Gasteiger partial charge is 0.238 e. The second-order valence-electron chi connectivity index (χ2n) is 15.3. The molecular formula is C52H35N5O. The molecule has 6 heteroatoms. The largest absolute Gasteiger partial charge is 0.456 e. The highest BCUT2D eigenvalue weighted by Gasteiger charge is 2.26. The van der Waals surface area contributed by atoms with Gasteiger partial charge < -0.3 is 8.98 Å². The van der Waals surface area contributed by atoms with Crippen LogP contribution in [0.5, 0.6) is 0 Å². The summed E-state index contributed by atoms with van der Waals surface area (Å²) < 4.78 is 11.4. The summed E-state index contributed by atoms with van der Waals surface area (Å²) in [7, 11) is 0. The van der Waals surface area contributed by atoms with Gasteiger partial charge >= 0.3 is 0 Å². The second-order valence-corrected chi connectivity index (χ2v) is 15.3. The first kappa shape index (κ1) is 32.7. The van der Waals surface area contributed by atoms with Gasteiger partial charge in [0, 0.05) is 49.0 Å². The summed E-state index contributed by atoms with van der Waals surface area (Å²) >= 11 is 0. The summed E-state index contributed by atoms with van der Waals surface area (Å²) in [6.45, 7) is 2.26. The van der Waals surface area contributed by atoms with Gasteiger partial charge in [0.05, 0.1) is 22.1 Å². The molecule has 274 valence electrons. The van der Waals surface area contributed by atoms with E-state index in [-0.39, 0.29) is 5.92 Å². The Labute approximate surface area is 333 Å². The van der Waals surface area contributed by atoms with E-state index in [1.165, 1.54) is 21.7 Å². The van der Waals surface area contributed by atoms with Crippen molar-refractivity contribution in [2.45, 2.75) is 13.3 Å². The molecule has 1 aliphatic carbocycles. The highest BCUT2D eigenvalue weighted by atomic mass is 16.3. The van der Waals surface area contributed by atoms with Crippen molar-refractivity contribution in [3.63, 3.8) is 0 Å². The summed E-state index contributed by atoms with van der Waals surface area (Å²) in [6.07, 6.45) is 3.08. The van der Waals surface area contributed by atoms with Gasteiger partial charge in [0.15, 0.2) is 11.6 Å². The van der Waals surface area contributed by atoms with E-state index in [1.807, 2.05) is 18.2 Å². The summed E-state index contributed by atoms with van der Waals surface area (Å²) in [6, 6.07) is 59.5. The molecule has 0 aliphatic heterocycles. The number of benzene rings is 7. The lowest BCUT2D eigenvalue weighted by Gasteiger charge is -2.15. The quantitative estimate of drug-likeness (QED) is 0.176. The van der Waals surface area contributed by atoms with Crippen molar-refractivity contribution < 1.29 is 4.42 Å². The van der Waals surface area contributed by atoms with Crippen molar-refractivity contribution >= 4 is 66.2 Å². The van der Waals surface area contributed by atoms with Crippen LogP contribution in [0.4, 0.5) is 0 Å². The first-order valence-electron chi connectivity index (χ1n) is 19.8. The van der Waals surface area contributed by atoms with Crippen LogP contribution in [0.1, 0.15) is 19.2 Å². The summed E-state index contributed by atoms with van der Waals surface area (Å²) in [5, 5.41) is 6.93. The highest BCUT2D eigenvalue weighted by Crippen LogP contribution is 2.42. The standard InChI is InChI=1S/C52H35N5O/c1-32-30-39-46-36(33-16-5-2-6-17-33)24-15-27-45(46)58-49(39)40(31-32)51-53-50(34-18-7-3-8-19-34)54-52(55-51)57-42-26-14-12-23-38(42)48-44(57)29-28-43-47(48)37-22-11-13-25-41(37)56(43)35-20-9-4-10-21-35/h2-30,32H,31H2,1H3. The van der Waals surface area contributed by atoms with Crippen molar-refractivity contribution in [2.24, 2.45) is 5.92 Å². The maximum absolute atomic E-state index is 6.83. The van der Waals surface area contributed by atoms with Crippen LogP contribution < -0.4 is 10.6 Å². The van der Waals surface area contributed by atoms with Gasteiger partial charge in [-0.3, -0.25) is 4.57 Å². The predicted molar refractivity (Wildman–Crippen MR) is 236 cm³/mol. The number of aromatic nitrogens is 5. The van der Waals surface area contributed by atoms with Crippen molar-refractivity contribution in [1.29, 1.82) is 0 Å². The molecule has 1 unspecified atom stereocenters. The van der Waals surface area contributed by atoms with E-state index >= 15 is 0 Å². The van der Waals surface area contributed by atoms with Crippen LogP contribution in [0.2, 0.25) is 0 Å². The van der Waals surface area contributed by atoms with E-state index in [0.717, 1.165) is 77.9 Å². The predicted octanol–water partition coefficient (Wildman–Crippen LogP) is 11.2. The Morgan fingerprint density at radius 2 is 1.09 bits per heavy atom. The molecule has 0 saturated carbocycles. The van der Waals surface area contributed by atoms with E-state index < -0.39 is 0 Å². The van der Waals surface area contributed by atoms with Gasteiger partial charge in [-0.2, -0.15) is 9.97 Å². The number of furan rings is 1. The van der Waals surface area contributed by atoms with Crippen molar-refractivity contribution in [1.82, 2.24) is 24.1 Å². The van der Waals surface area contributed by atoms with Crippen molar-refractivity contribution in [3.8, 4) is 34.2 Å². The number of para-hydroxylation sites is 3. The maximum atomic E-state index is 6.83. The molecule has 0 N–H and O–H groups in total. The molecule has 12 rings (SSSR count). The Hall–Kier alpha value is -7.57. The molecular weight excluding hydrogens is 711 g/mol. The van der Waals surface area contributed by atoms with Gasteiger partial charge in [0.1, 0.15) is 11.0 Å². The lowest BCUT2D eigenvalue weighted by Crippen LogP contribution is -2.30. The normalized spacial score (nSPS) is 14.2. The monoisotopic (exact) mass is 745 g/mol. The molecule has 1 aliphatic rings. The van der Waals surface area contributed by atoms with E-state index in [0.29, 0.717) is 17.6 Å². The maximum Gasteiger partial charge on any atom is 0.238 e. The lowest BCUT2D eigenvalue weighted by molar-refractivity contribution is 0.561. The SMILES string of the molecule is CC1C=c2c(oc3cccc(-c4ccccc4)c23)=C(c2nc(-c3ccccc3)nc(-n3c4ccccc4c4c5c6ccccc6n(-c6ccccc6)c5ccc43)n2)C1. The third-order valence-electron chi connectivity index (χ3n) is 11.7. The number of hydrogen-bond donors (Lipinski definition) is 0. The van der Waals surface area contributed by atoms with Gasteiger partial charge in [-0.15, -0.1) is 0 Å². The van der Waals surface area contributed by atoms with Gasteiger partial charge in [-0.25, -0.2) is 4.98 Å². The molecule has 0 fully saturated rings. The van der Waals surface area contributed by atoms with Gasteiger partial charge in [0.25, 0.3) is 0 Å². The molecule has 0 bridgehead atoms. The van der Waals surface area contributed by atoms with Gasteiger partial charge in [-0.1, -0.05) is 140 Å². The van der Waals surface area contributed by atoms with Gasteiger partial charge in [0.2, 0.25) is 5.95 Å². The molecule has 7 aromatic carbocycles. The molecule has 4 heterocycles.